The van der Waals surface area contributed by atoms with Gasteiger partial charge in [0, 0.05) is 12.6 Å². The summed E-state index contributed by atoms with van der Waals surface area (Å²) >= 11 is 0. The topological polar surface area (TPSA) is 51.3 Å². The fourth-order valence-corrected chi connectivity index (χ4v) is 0.786. The van der Waals surface area contributed by atoms with E-state index in [0.717, 1.165) is 12.1 Å². The maximum Gasteiger partial charge on any atom is 0.0939 e. The molecule has 0 spiro atoms. The Hall–Kier alpha value is -1.38. The first-order valence-electron chi connectivity index (χ1n) is 4.01. The molecule has 1 aromatic heterocycles. The van der Waals surface area contributed by atoms with Crippen LogP contribution in [0.2, 0.25) is 0 Å². The molecule has 0 saturated heterocycles. The number of nitrogens with two attached hydrogens (primary N) is 1. The van der Waals surface area contributed by atoms with Crippen molar-refractivity contribution in [2.75, 3.05) is 0 Å². The quantitative estimate of drug-likeness (QED) is 0.540. The highest BCUT2D eigenvalue weighted by molar-refractivity contribution is 5.79. The van der Waals surface area contributed by atoms with Crippen molar-refractivity contribution in [3.63, 3.8) is 0 Å². The number of nitrogens with zero attached hydrogens (tertiary/aromatic N) is 2. The van der Waals surface area contributed by atoms with E-state index in [4.69, 9.17) is 5.73 Å². The van der Waals surface area contributed by atoms with Crippen LogP contribution in [0.4, 0.5) is 0 Å². The van der Waals surface area contributed by atoms with E-state index in [-0.39, 0.29) is 0 Å². The molecule has 3 nitrogen and oxygen atoms in total. The zero-order valence-corrected chi connectivity index (χ0v) is 7.20. The number of aromatic nitrogens is 1. The van der Waals surface area contributed by atoms with Gasteiger partial charge >= 0.3 is 0 Å². The lowest BCUT2D eigenvalue weighted by Crippen LogP contribution is -2.09. The second kappa shape index (κ2) is 4.49. The minimum absolute atomic E-state index is 0.584. The van der Waals surface area contributed by atoms with Gasteiger partial charge in [0.15, 0.2) is 0 Å². The van der Waals surface area contributed by atoms with Gasteiger partial charge in [0.2, 0.25) is 0 Å². The van der Waals surface area contributed by atoms with E-state index in [1.54, 1.807) is 6.20 Å². The Kier molecular flexibility index (Phi) is 3.26. The summed E-state index contributed by atoms with van der Waals surface area (Å²) in [6, 6.07) is 5.77. The lowest BCUT2D eigenvalue weighted by Gasteiger charge is -1.96. The third-order valence-corrected chi connectivity index (χ3v) is 1.53. The van der Waals surface area contributed by atoms with Crippen LogP contribution in [0.5, 0.6) is 0 Å². The van der Waals surface area contributed by atoms with Crippen LogP contribution in [0.1, 0.15) is 19.0 Å². The molecule has 0 unspecified atom stereocenters. The second-order valence-corrected chi connectivity index (χ2v) is 2.48. The average molecular weight is 163 g/mol. The lowest BCUT2D eigenvalue weighted by molar-refractivity contribution is 0.974. The van der Waals surface area contributed by atoms with Crippen molar-refractivity contribution in [1.29, 1.82) is 0 Å². The van der Waals surface area contributed by atoms with E-state index in [0.29, 0.717) is 12.4 Å². The Morgan fingerprint density at radius 1 is 1.58 bits per heavy atom. The summed E-state index contributed by atoms with van der Waals surface area (Å²) in [7, 11) is 0. The van der Waals surface area contributed by atoms with Crippen molar-refractivity contribution in [1.82, 2.24) is 4.98 Å². The fourth-order valence-electron chi connectivity index (χ4n) is 0.786. The van der Waals surface area contributed by atoms with Gasteiger partial charge in [-0.1, -0.05) is 13.0 Å². The van der Waals surface area contributed by atoms with Crippen molar-refractivity contribution in [2.45, 2.75) is 19.9 Å². The first kappa shape index (κ1) is 8.71. The lowest BCUT2D eigenvalue weighted by atomic mass is 10.3. The highest BCUT2D eigenvalue weighted by Crippen LogP contribution is 1.95. The van der Waals surface area contributed by atoms with E-state index >= 15 is 0 Å². The minimum atomic E-state index is 0.584. The van der Waals surface area contributed by atoms with Gasteiger partial charge in [-0.25, -0.2) is 0 Å². The first-order valence-corrected chi connectivity index (χ1v) is 4.01. The molecule has 0 aromatic carbocycles. The number of amidine groups is 1. The zero-order chi connectivity index (χ0) is 8.81. The van der Waals surface area contributed by atoms with Crippen molar-refractivity contribution < 1.29 is 0 Å². The molecule has 0 radical (unpaired) electrons. The van der Waals surface area contributed by atoms with E-state index in [2.05, 4.69) is 9.98 Å². The van der Waals surface area contributed by atoms with Crippen molar-refractivity contribution in [3.8, 4) is 0 Å². The number of aliphatic imine (C=N–C) groups is 1. The minimum Gasteiger partial charge on any atom is -0.387 e. The van der Waals surface area contributed by atoms with Crippen LogP contribution in [0.15, 0.2) is 29.4 Å². The Labute approximate surface area is 72.3 Å². The summed E-state index contributed by atoms with van der Waals surface area (Å²) in [6.45, 7) is 2.57. The Bertz CT molecular complexity index is 254. The molecule has 0 bridgehead atoms. The molecular formula is C9H13N3. The van der Waals surface area contributed by atoms with Crippen LogP contribution in [0.25, 0.3) is 0 Å². The molecule has 0 aliphatic heterocycles. The van der Waals surface area contributed by atoms with E-state index in [1.807, 2.05) is 25.1 Å². The average Bonchev–Trinajstić information content (AvgIpc) is 2.16. The molecule has 64 valence electrons. The Morgan fingerprint density at radius 2 is 2.42 bits per heavy atom. The van der Waals surface area contributed by atoms with Gasteiger partial charge in [-0.3, -0.25) is 9.98 Å². The fraction of sp³-hybridized carbons (Fsp3) is 0.333. The van der Waals surface area contributed by atoms with Crippen molar-refractivity contribution in [3.05, 3.63) is 30.1 Å². The number of rotatable bonds is 3. The van der Waals surface area contributed by atoms with Crippen LogP contribution < -0.4 is 5.73 Å². The van der Waals surface area contributed by atoms with Gasteiger partial charge in [0.25, 0.3) is 0 Å². The van der Waals surface area contributed by atoms with Gasteiger partial charge in [-0.2, -0.15) is 0 Å². The maximum atomic E-state index is 5.54. The highest BCUT2D eigenvalue weighted by Gasteiger charge is 1.90. The number of pyridine rings is 1. The van der Waals surface area contributed by atoms with Gasteiger partial charge in [0.1, 0.15) is 0 Å². The SMILES string of the molecule is CCC(N)=NCc1ccccn1. The summed E-state index contributed by atoms with van der Waals surface area (Å²) in [4.78, 5) is 8.27. The summed E-state index contributed by atoms with van der Waals surface area (Å²) in [5.41, 5.74) is 6.50. The molecule has 0 fully saturated rings. The second-order valence-electron chi connectivity index (χ2n) is 2.48. The number of hydrogen-bond acceptors (Lipinski definition) is 2. The van der Waals surface area contributed by atoms with Crippen LogP contribution >= 0.6 is 0 Å². The smallest absolute Gasteiger partial charge is 0.0939 e. The predicted molar refractivity (Wildman–Crippen MR) is 49.9 cm³/mol. The molecule has 1 rings (SSSR count). The molecule has 0 aliphatic rings. The monoisotopic (exact) mass is 163 g/mol. The molecule has 0 amide bonds. The highest BCUT2D eigenvalue weighted by atomic mass is 14.9. The van der Waals surface area contributed by atoms with Crippen LogP contribution in [0, 0.1) is 0 Å². The summed E-state index contributed by atoms with van der Waals surface area (Å²) < 4.78 is 0. The van der Waals surface area contributed by atoms with E-state index in [1.165, 1.54) is 0 Å². The van der Waals surface area contributed by atoms with Crippen LogP contribution in [0.3, 0.4) is 0 Å². The molecule has 0 saturated carbocycles. The maximum absolute atomic E-state index is 5.54. The van der Waals surface area contributed by atoms with E-state index in [9.17, 15) is 0 Å². The normalized spacial score (nSPS) is 11.6. The number of hydrogen-bond donors (Lipinski definition) is 1. The molecular weight excluding hydrogens is 150 g/mol. The van der Waals surface area contributed by atoms with Gasteiger partial charge in [-0.15, -0.1) is 0 Å². The summed E-state index contributed by atoms with van der Waals surface area (Å²) in [6.07, 6.45) is 2.56. The largest absolute Gasteiger partial charge is 0.387 e. The molecule has 1 aromatic rings. The summed E-state index contributed by atoms with van der Waals surface area (Å²) in [5, 5.41) is 0. The van der Waals surface area contributed by atoms with Crippen molar-refractivity contribution in [2.24, 2.45) is 10.7 Å². The molecule has 0 atom stereocenters. The van der Waals surface area contributed by atoms with Crippen molar-refractivity contribution >= 4 is 5.84 Å². The predicted octanol–water partition coefficient (Wildman–Crippen LogP) is 1.35. The first-order chi connectivity index (χ1) is 5.83. The van der Waals surface area contributed by atoms with Crippen LogP contribution in [-0.2, 0) is 6.54 Å². The standard InChI is InChI=1S/C9H13N3/c1-2-9(10)12-7-8-5-3-4-6-11-8/h3-6H,2,7H2,1H3,(H2,10,12). The summed E-state index contributed by atoms with van der Waals surface area (Å²) in [5.74, 6) is 0.681. The van der Waals surface area contributed by atoms with Crippen LogP contribution in [-0.4, -0.2) is 10.8 Å². The zero-order valence-electron chi connectivity index (χ0n) is 7.20. The van der Waals surface area contributed by atoms with Gasteiger partial charge in [-0.05, 0) is 12.1 Å². The van der Waals surface area contributed by atoms with Gasteiger partial charge < -0.3 is 5.73 Å². The molecule has 2 N–H and O–H groups in total. The third kappa shape index (κ3) is 2.70. The Morgan fingerprint density at radius 3 is 3.00 bits per heavy atom. The molecule has 0 aliphatic carbocycles. The van der Waals surface area contributed by atoms with E-state index < -0.39 is 0 Å². The Balaban J connectivity index is 2.54. The van der Waals surface area contributed by atoms with Gasteiger partial charge in [0.05, 0.1) is 18.1 Å². The molecule has 3 heteroatoms. The third-order valence-electron chi connectivity index (χ3n) is 1.53. The molecule has 12 heavy (non-hydrogen) atoms. The molecule has 1 heterocycles.